The van der Waals surface area contributed by atoms with Gasteiger partial charge in [0.25, 0.3) is 5.91 Å². The van der Waals surface area contributed by atoms with Gasteiger partial charge in [-0.15, -0.1) is 0 Å². The SMILES string of the molecule is Cc1cc(OCCCC2CCN(CC(=O)Nc3cccc4c(C5CCC(=O)NC5=O)nn(C)c34)CC2)ccc1-c1ccc(N2CCc3cccc(C(=O)Nc4nc5ccccc5s4)c3C2)nc1C(=O)OC(C)(C)C. The van der Waals surface area contributed by atoms with Gasteiger partial charge in [-0.1, -0.05) is 53.8 Å². The molecule has 0 spiro atoms. The van der Waals surface area contributed by atoms with Crippen molar-refractivity contribution < 1.29 is 33.4 Å². The van der Waals surface area contributed by atoms with Gasteiger partial charge in [-0.05, 0) is 156 Å². The molecule has 4 aromatic carbocycles. The van der Waals surface area contributed by atoms with Crippen molar-refractivity contribution in [1.29, 1.82) is 0 Å². The van der Waals surface area contributed by atoms with E-state index in [1.54, 1.807) is 11.7 Å². The minimum absolute atomic E-state index is 0.104. The number of ether oxygens (including phenoxy) is 2. The highest BCUT2D eigenvalue weighted by molar-refractivity contribution is 7.22. The van der Waals surface area contributed by atoms with Gasteiger partial charge in [-0.3, -0.25) is 39.4 Å². The number of carbonyl (C=O) groups is 5. The molecule has 2 saturated heterocycles. The normalized spacial score (nSPS) is 16.5. The Bertz CT molecular complexity index is 3280. The fourth-order valence-corrected chi connectivity index (χ4v) is 11.4. The van der Waals surface area contributed by atoms with Crippen LogP contribution in [0.4, 0.5) is 16.6 Å². The first-order chi connectivity index (χ1) is 35.6. The minimum atomic E-state index is -0.741. The van der Waals surface area contributed by atoms with Crippen LogP contribution >= 0.6 is 11.3 Å². The smallest absolute Gasteiger partial charge is 0.358 e. The quantitative estimate of drug-likeness (QED) is 0.0533. The molecule has 3 aromatic heterocycles. The molecule has 17 heteroatoms. The molecule has 74 heavy (non-hydrogen) atoms. The first-order valence-corrected chi connectivity index (χ1v) is 26.3. The van der Waals surface area contributed by atoms with E-state index in [-0.39, 0.29) is 42.3 Å². The van der Waals surface area contributed by atoms with Gasteiger partial charge >= 0.3 is 5.97 Å². The molecule has 16 nitrogen and oxygen atoms in total. The number of piperidine rings is 2. The van der Waals surface area contributed by atoms with E-state index >= 15 is 0 Å². The van der Waals surface area contributed by atoms with Crippen LogP contribution < -0.4 is 25.6 Å². The summed E-state index contributed by atoms with van der Waals surface area (Å²) in [5, 5.41) is 14.5. The second-order valence-electron chi connectivity index (χ2n) is 20.6. The van der Waals surface area contributed by atoms with Crippen LogP contribution in [0.1, 0.15) is 108 Å². The number of pyridine rings is 1. The lowest BCUT2D eigenvalue weighted by Gasteiger charge is -2.31. The van der Waals surface area contributed by atoms with Gasteiger partial charge in [0, 0.05) is 43.1 Å². The van der Waals surface area contributed by atoms with E-state index in [0.717, 1.165) is 87.9 Å². The number of aromatic nitrogens is 4. The van der Waals surface area contributed by atoms with Gasteiger partial charge in [-0.25, -0.2) is 14.8 Å². The van der Waals surface area contributed by atoms with E-state index in [1.165, 1.54) is 11.3 Å². The summed E-state index contributed by atoms with van der Waals surface area (Å²) in [7, 11) is 1.80. The Morgan fingerprint density at radius 1 is 0.865 bits per heavy atom. The van der Waals surface area contributed by atoms with Crippen molar-refractivity contribution in [3.63, 3.8) is 0 Å². The summed E-state index contributed by atoms with van der Waals surface area (Å²) in [4.78, 5) is 79.4. The van der Waals surface area contributed by atoms with Crippen molar-refractivity contribution in [3.8, 4) is 16.9 Å². The molecule has 3 aliphatic heterocycles. The van der Waals surface area contributed by atoms with Gasteiger partial charge in [-0.2, -0.15) is 5.10 Å². The second kappa shape index (κ2) is 21.2. The highest BCUT2D eigenvalue weighted by Crippen LogP contribution is 2.36. The van der Waals surface area contributed by atoms with Crippen LogP contribution in [0.3, 0.4) is 0 Å². The molecule has 1 unspecified atom stereocenters. The lowest BCUT2D eigenvalue weighted by Crippen LogP contribution is -2.39. The van der Waals surface area contributed by atoms with Gasteiger partial charge < -0.3 is 19.7 Å². The highest BCUT2D eigenvalue weighted by Gasteiger charge is 2.33. The average molecular weight is 1020 g/mol. The number of fused-ring (bicyclic) bond motifs is 3. The zero-order chi connectivity index (χ0) is 51.7. The monoisotopic (exact) mass is 1020 g/mol. The van der Waals surface area contributed by atoms with Crippen LogP contribution in [0.2, 0.25) is 0 Å². The average Bonchev–Trinajstić information content (AvgIpc) is 3.94. The minimum Gasteiger partial charge on any atom is -0.494 e. The summed E-state index contributed by atoms with van der Waals surface area (Å²) in [5.74, 6) is -0.0654. The van der Waals surface area contributed by atoms with Crippen LogP contribution in [-0.2, 0) is 39.1 Å². The van der Waals surface area contributed by atoms with Crippen LogP contribution in [0.25, 0.3) is 32.2 Å². The van der Waals surface area contributed by atoms with Crippen molar-refractivity contribution >= 4 is 78.7 Å². The molecule has 7 aromatic rings. The number of benzene rings is 4. The number of esters is 1. The molecular weight excluding hydrogens is 955 g/mol. The molecule has 4 amide bonds. The Balaban J connectivity index is 0.732. The van der Waals surface area contributed by atoms with E-state index in [1.807, 2.05) is 113 Å². The molecule has 3 aliphatic rings. The number of thiazole rings is 1. The molecule has 0 bridgehead atoms. The number of para-hydroxylation sites is 2. The number of imide groups is 1. The molecule has 0 saturated carbocycles. The third-order valence-electron chi connectivity index (χ3n) is 14.2. The van der Waals surface area contributed by atoms with Crippen LogP contribution in [0, 0.1) is 12.8 Å². The Morgan fingerprint density at radius 2 is 1.66 bits per heavy atom. The summed E-state index contributed by atoms with van der Waals surface area (Å²) in [6.45, 7) is 11.1. The Kier molecular flexibility index (Phi) is 14.3. The van der Waals surface area contributed by atoms with Crippen LogP contribution in [0.15, 0.2) is 91.0 Å². The van der Waals surface area contributed by atoms with E-state index in [4.69, 9.17) is 14.5 Å². The largest absolute Gasteiger partial charge is 0.494 e. The number of hydrogen-bond donors (Lipinski definition) is 3. The predicted molar refractivity (Wildman–Crippen MR) is 287 cm³/mol. The third kappa shape index (κ3) is 11.0. The Hall–Kier alpha value is -7.50. The molecule has 0 radical (unpaired) electrons. The number of nitrogens with zero attached hydrogens (tertiary/aromatic N) is 6. The molecular formula is C57H61N9O7S. The lowest BCUT2D eigenvalue weighted by atomic mass is 9.92. The second-order valence-corrected chi connectivity index (χ2v) is 21.6. The van der Waals surface area contributed by atoms with Crippen molar-refractivity contribution in [3.05, 3.63) is 125 Å². The summed E-state index contributed by atoms with van der Waals surface area (Å²) < 4.78 is 14.9. The van der Waals surface area contributed by atoms with E-state index in [2.05, 4.69) is 41.9 Å². The van der Waals surface area contributed by atoms with E-state index in [9.17, 15) is 24.0 Å². The van der Waals surface area contributed by atoms with Crippen molar-refractivity contribution in [1.82, 2.24) is 30.0 Å². The topological polar surface area (TPSA) is 190 Å². The number of aryl methyl sites for hydroxylation is 2. The number of anilines is 3. The molecule has 3 N–H and O–H groups in total. The fraction of sp³-hybridized carbons (Fsp3) is 0.368. The van der Waals surface area contributed by atoms with Gasteiger partial charge in [0.1, 0.15) is 17.2 Å². The van der Waals surface area contributed by atoms with Crippen molar-refractivity contribution in [2.24, 2.45) is 13.0 Å². The number of hydrogen-bond acceptors (Lipinski definition) is 13. The van der Waals surface area contributed by atoms with Crippen LogP contribution in [-0.4, -0.2) is 92.6 Å². The zero-order valence-electron chi connectivity index (χ0n) is 42.5. The molecule has 6 heterocycles. The number of amides is 4. The van der Waals surface area contributed by atoms with Crippen molar-refractivity contribution in [2.75, 3.05) is 48.3 Å². The van der Waals surface area contributed by atoms with Crippen LogP contribution in [0.5, 0.6) is 5.75 Å². The third-order valence-corrected chi connectivity index (χ3v) is 15.1. The maximum Gasteiger partial charge on any atom is 0.358 e. The summed E-state index contributed by atoms with van der Waals surface area (Å²) in [5.41, 5.74) is 7.35. The molecule has 382 valence electrons. The lowest BCUT2D eigenvalue weighted by molar-refractivity contribution is -0.134. The highest BCUT2D eigenvalue weighted by atomic mass is 32.1. The number of likely N-dealkylation sites (tertiary alicyclic amines) is 1. The fourth-order valence-electron chi connectivity index (χ4n) is 10.5. The first kappa shape index (κ1) is 50.1. The van der Waals surface area contributed by atoms with Gasteiger partial charge in [0.05, 0.1) is 46.2 Å². The Labute approximate surface area is 433 Å². The van der Waals surface area contributed by atoms with Gasteiger partial charge in [0.2, 0.25) is 17.7 Å². The summed E-state index contributed by atoms with van der Waals surface area (Å²) >= 11 is 1.44. The van der Waals surface area contributed by atoms with Gasteiger partial charge in [0.15, 0.2) is 10.8 Å². The Morgan fingerprint density at radius 3 is 2.45 bits per heavy atom. The molecule has 10 rings (SSSR count). The first-order valence-electron chi connectivity index (χ1n) is 25.5. The van der Waals surface area contributed by atoms with Crippen molar-refractivity contribution in [2.45, 2.75) is 90.7 Å². The maximum atomic E-state index is 14.0. The number of rotatable bonds is 14. The molecule has 2 fully saturated rings. The maximum absolute atomic E-state index is 14.0. The molecule has 1 atom stereocenters. The summed E-state index contributed by atoms with van der Waals surface area (Å²) in [6.07, 6.45) is 5.28. The van der Waals surface area contributed by atoms with E-state index < -0.39 is 17.5 Å². The predicted octanol–water partition coefficient (Wildman–Crippen LogP) is 9.35. The van der Waals surface area contributed by atoms with E-state index in [0.29, 0.717) is 71.9 Å². The number of carbonyl (C=O) groups excluding carboxylic acids is 5. The summed E-state index contributed by atoms with van der Waals surface area (Å²) in [6, 6.07) is 29.0. The zero-order valence-corrected chi connectivity index (χ0v) is 43.3. The number of nitrogens with one attached hydrogen (secondary N) is 3. The standard InChI is InChI=1S/C57H61N9O7S/c1-34-31-37(72-30-10-11-35-24-27-65(28-25-35)33-49(68)58-45-16-9-14-41-50(63-64(5)52(41)45)42-21-23-48(67)61-54(42)70)18-19-38(34)39-20-22-47(60-51(39)55(71)73-57(2,3)4)66-29-26-36-12-8-13-40(43(36)32-66)53(69)62-56-59-44-15-6-7-17-46(44)74-56/h6-9,12-20,22,31,35,42H,10-11,21,23-30,32-33H2,1-5H3,(H,58,68)(H,59,62,69)(H,61,67,70). The molecule has 0 aliphatic carbocycles.